The molecule has 0 saturated carbocycles. The molecule has 0 fully saturated rings. The van der Waals surface area contributed by atoms with Gasteiger partial charge in [0.1, 0.15) is 0 Å². The first kappa shape index (κ1) is 10.6. The average Bonchev–Trinajstić information content (AvgIpc) is 2.04. The zero-order valence-corrected chi connectivity index (χ0v) is 7.12. The molecule has 0 aromatic carbocycles. The van der Waals surface area contributed by atoms with Gasteiger partial charge in [0.05, 0.1) is 12.6 Å². The number of unbranched alkanes of at least 4 members (excludes halogenated alkanes) is 2. The van der Waals surface area contributed by atoms with Crippen molar-refractivity contribution in [2.24, 2.45) is 5.18 Å². The first-order chi connectivity index (χ1) is 5.31. The maximum Gasteiger partial charge on any atom is 0.0811 e. The molecule has 0 bridgehead atoms. The van der Waals surface area contributed by atoms with Gasteiger partial charge in [0.2, 0.25) is 0 Å². The van der Waals surface area contributed by atoms with E-state index in [-0.39, 0.29) is 6.10 Å². The Balaban J connectivity index is 2.95. The molecule has 0 aliphatic rings. The highest BCUT2D eigenvalue weighted by atomic mass is 16.3. The Bertz CT molecular complexity index is 96.1. The molecule has 1 atom stereocenters. The fraction of sp³-hybridized carbons (Fsp3) is 1.00. The SMILES string of the molecule is CC[C@H](O)CCCCCN=O. The largest absolute Gasteiger partial charge is 0.393 e. The Morgan fingerprint density at radius 1 is 1.36 bits per heavy atom. The lowest BCUT2D eigenvalue weighted by atomic mass is 10.1. The molecule has 0 rings (SSSR count). The second-order valence-corrected chi connectivity index (χ2v) is 2.76. The van der Waals surface area contributed by atoms with Gasteiger partial charge in [-0.15, -0.1) is 0 Å². The molecule has 0 saturated heterocycles. The maximum absolute atomic E-state index is 9.66. The number of aliphatic hydroxyl groups is 1. The number of hydrogen-bond donors (Lipinski definition) is 1. The van der Waals surface area contributed by atoms with E-state index in [9.17, 15) is 4.91 Å². The summed E-state index contributed by atoms with van der Waals surface area (Å²) in [6.07, 6.45) is 4.40. The quantitative estimate of drug-likeness (QED) is 0.456. The van der Waals surface area contributed by atoms with E-state index in [0.29, 0.717) is 6.54 Å². The predicted molar refractivity (Wildman–Crippen MR) is 45.4 cm³/mol. The van der Waals surface area contributed by atoms with Gasteiger partial charge in [0.15, 0.2) is 0 Å². The maximum atomic E-state index is 9.66. The molecule has 0 radical (unpaired) electrons. The van der Waals surface area contributed by atoms with Gasteiger partial charge in [0, 0.05) is 0 Å². The number of hydrogen-bond acceptors (Lipinski definition) is 3. The van der Waals surface area contributed by atoms with Crippen molar-refractivity contribution >= 4 is 0 Å². The van der Waals surface area contributed by atoms with Crippen LogP contribution in [-0.4, -0.2) is 17.8 Å². The minimum Gasteiger partial charge on any atom is -0.393 e. The topological polar surface area (TPSA) is 49.7 Å². The van der Waals surface area contributed by atoms with Crippen LogP contribution < -0.4 is 0 Å². The molecule has 3 heteroatoms. The van der Waals surface area contributed by atoms with Crippen LogP contribution in [0.5, 0.6) is 0 Å². The van der Waals surface area contributed by atoms with Crippen molar-refractivity contribution in [1.82, 2.24) is 0 Å². The van der Waals surface area contributed by atoms with E-state index >= 15 is 0 Å². The van der Waals surface area contributed by atoms with Gasteiger partial charge in [-0.2, -0.15) is 4.91 Å². The highest BCUT2D eigenvalue weighted by molar-refractivity contribution is 4.53. The highest BCUT2D eigenvalue weighted by Gasteiger charge is 1.98. The first-order valence-corrected chi connectivity index (χ1v) is 4.28. The van der Waals surface area contributed by atoms with Crippen LogP contribution >= 0.6 is 0 Å². The van der Waals surface area contributed by atoms with Crippen molar-refractivity contribution < 1.29 is 5.11 Å². The van der Waals surface area contributed by atoms with Crippen molar-refractivity contribution in [1.29, 1.82) is 0 Å². The summed E-state index contributed by atoms with van der Waals surface area (Å²) in [7, 11) is 0. The number of nitroso groups, excluding NO2 is 1. The number of nitrogens with zero attached hydrogens (tertiary/aromatic N) is 1. The van der Waals surface area contributed by atoms with Crippen molar-refractivity contribution in [3.8, 4) is 0 Å². The molecule has 11 heavy (non-hydrogen) atoms. The molecular weight excluding hydrogens is 142 g/mol. The number of aliphatic hydroxyl groups excluding tert-OH is 1. The lowest BCUT2D eigenvalue weighted by Gasteiger charge is -2.05. The van der Waals surface area contributed by atoms with Crippen LogP contribution in [0.1, 0.15) is 39.0 Å². The minimum atomic E-state index is -0.154. The van der Waals surface area contributed by atoms with E-state index < -0.39 is 0 Å². The second kappa shape index (κ2) is 7.66. The monoisotopic (exact) mass is 159 g/mol. The summed E-state index contributed by atoms with van der Waals surface area (Å²) in [5.41, 5.74) is 0. The van der Waals surface area contributed by atoms with Crippen LogP contribution in [0, 0.1) is 4.91 Å². The van der Waals surface area contributed by atoms with E-state index in [2.05, 4.69) is 5.18 Å². The molecule has 0 aromatic rings. The second-order valence-electron chi connectivity index (χ2n) is 2.76. The number of rotatable bonds is 7. The summed E-state index contributed by atoms with van der Waals surface area (Å²) >= 11 is 0. The smallest absolute Gasteiger partial charge is 0.0811 e. The van der Waals surface area contributed by atoms with Crippen LogP contribution in [0.4, 0.5) is 0 Å². The lowest BCUT2D eigenvalue weighted by Crippen LogP contribution is -2.03. The summed E-state index contributed by atoms with van der Waals surface area (Å²) in [5, 5.41) is 11.9. The summed E-state index contributed by atoms with van der Waals surface area (Å²) in [6, 6.07) is 0. The van der Waals surface area contributed by atoms with Crippen LogP contribution in [0.15, 0.2) is 5.18 Å². The third-order valence-corrected chi connectivity index (χ3v) is 1.76. The summed E-state index contributed by atoms with van der Waals surface area (Å²) in [6.45, 7) is 2.39. The van der Waals surface area contributed by atoms with Crippen LogP contribution in [0.3, 0.4) is 0 Å². The fourth-order valence-corrected chi connectivity index (χ4v) is 0.937. The zero-order valence-electron chi connectivity index (χ0n) is 7.12. The Hall–Kier alpha value is -0.440. The van der Waals surface area contributed by atoms with Gasteiger partial charge >= 0.3 is 0 Å². The zero-order chi connectivity index (χ0) is 8.53. The minimum absolute atomic E-state index is 0.154. The molecule has 0 aliphatic heterocycles. The summed E-state index contributed by atoms with van der Waals surface area (Å²) in [5.74, 6) is 0. The molecular formula is C8H17NO2. The predicted octanol–water partition coefficient (Wildman–Crippen LogP) is 2.08. The van der Waals surface area contributed by atoms with E-state index in [1.807, 2.05) is 6.92 Å². The van der Waals surface area contributed by atoms with E-state index in [0.717, 1.165) is 32.1 Å². The van der Waals surface area contributed by atoms with Gasteiger partial charge in [-0.1, -0.05) is 24.9 Å². The van der Waals surface area contributed by atoms with E-state index in [1.165, 1.54) is 0 Å². The van der Waals surface area contributed by atoms with Crippen molar-refractivity contribution in [3.63, 3.8) is 0 Å². The molecule has 0 spiro atoms. The Morgan fingerprint density at radius 3 is 2.64 bits per heavy atom. The van der Waals surface area contributed by atoms with Crippen LogP contribution in [0.25, 0.3) is 0 Å². The van der Waals surface area contributed by atoms with E-state index in [4.69, 9.17) is 5.11 Å². The van der Waals surface area contributed by atoms with Gasteiger partial charge in [-0.3, -0.25) is 0 Å². The standard InChI is InChI=1S/C8H17NO2/c1-2-8(10)6-4-3-5-7-9-11/h8,10H,2-7H2,1H3/t8-/m0/s1. The van der Waals surface area contributed by atoms with Crippen molar-refractivity contribution in [2.45, 2.75) is 45.1 Å². The van der Waals surface area contributed by atoms with E-state index in [1.54, 1.807) is 0 Å². The molecule has 0 aromatic heterocycles. The van der Waals surface area contributed by atoms with Crippen molar-refractivity contribution in [3.05, 3.63) is 4.91 Å². The van der Waals surface area contributed by atoms with Gasteiger partial charge in [-0.25, -0.2) is 0 Å². The van der Waals surface area contributed by atoms with Gasteiger partial charge in [-0.05, 0) is 19.3 Å². The molecule has 0 amide bonds. The van der Waals surface area contributed by atoms with Crippen molar-refractivity contribution in [2.75, 3.05) is 6.54 Å². The third kappa shape index (κ3) is 7.46. The Kier molecular flexibility index (Phi) is 7.36. The van der Waals surface area contributed by atoms with Gasteiger partial charge < -0.3 is 5.11 Å². The Labute approximate surface area is 67.8 Å². The normalized spacial score (nSPS) is 12.9. The molecule has 66 valence electrons. The molecule has 0 aliphatic carbocycles. The lowest BCUT2D eigenvalue weighted by molar-refractivity contribution is 0.156. The van der Waals surface area contributed by atoms with Crippen LogP contribution in [0.2, 0.25) is 0 Å². The molecule has 0 heterocycles. The highest BCUT2D eigenvalue weighted by Crippen LogP contribution is 2.05. The van der Waals surface area contributed by atoms with Crippen LogP contribution in [-0.2, 0) is 0 Å². The summed E-state index contributed by atoms with van der Waals surface area (Å²) < 4.78 is 0. The molecule has 3 nitrogen and oxygen atoms in total. The first-order valence-electron chi connectivity index (χ1n) is 4.28. The molecule has 0 unspecified atom stereocenters. The summed E-state index contributed by atoms with van der Waals surface area (Å²) in [4.78, 5) is 9.66. The average molecular weight is 159 g/mol. The Morgan fingerprint density at radius 2 is 2.09 bits per heavy atom. The third-order valence-electron chi connectivity index (χ3n) is 1.76. The fourth-order valence-electron chi connectivity index (χ4n) is 0.937. The van der Waals surface area contributed by atoms with Gasteiger partial charge in [0.25, 0.3) is 0 Å². The molecule has 1 N–H and O–H groups in total.